The van der Waals surface area contributed by atoms with Crippen molar-refractivity contribution in [2.24, 2.45) is 7.05 Å². The highest BCUT2D eigenvalue weighted by atomic mass is 19.1. The first-order chi connectivity index (χ1) is 9.08. The molecule has 2 rings (SSSR count). The van der Waals surface area contributed by atoms with E-state index in [0.717, 1.165) is 0 Å². The maximum absolute atomic E-state index is 13.7. The first kappa shape index (κ1) is 13.4. The van der Waals surface area contributed by atoms with Crippen molar-refractivity contribution in [1.29, 1.82) is 0 Å². The van der Waals surface area contributed by atoms with Crippen LogP contribution in [-0.2, 0) is 13.6 Å². The zero-order chi connectivity index (χ0) is 14.0. The number of halogens is 1. The highest BCUT2D eigenvalue weighted by Gasteiger charge is 2.15. The molecular weight excluding hydrogens is 249 g/mol. The van der Waals surface area contributed by atoms with Crippen molar-refractivity contribution in [2.75, 3.05) is 14.2 Å². The van der Waals surface area contributed by atoms with E-state index in [4.69, 9.17) is 4.74 Å². The zero-order valence-corrected chi connectivity index (χ0v) is 11.1. The monoisotopic (exact) mass is 265 g/mol. The Morgan fingerprint density at radius 1 is 1.47 bits per heavy atom. The normalized spacial score (nSPS) is 10.7. The number of aromatic nitrogens is 2. The number of ether oxygens (including phenoxy) is 1. The second kappa shape index (κ2) is 5.27. The summed E-state index contributed by atoms with van der Waals surface area (Å²) in [5, 5.41) is 5.87. The number of H-pyrrole nitrogens is 1. The molecule has 0 atom stereocenters. The smallest absolute Gasteiger partial charge is 0.271 e. The van der Waals surface area contributed by atoms with E-state index < -0.39 is 5.82 Å². The molecule has 19 heavy (non-hydrogen) atoms. The molecule has 0 fully saturated rings. The summed E-state index contributed by atoms with van der Waals surface area (Å²) in [7, 11) is 4.80. The Hall–Kier alpha value is -2.08. The minimum atomic E-state index is -0.458. The molecule has 0 amide bonds. The Kier molecular flexibility index (Phi) is 3.71. The van der Waals surface area contributed by atoms with E-state index in [0.29, 0.717) is 23.4 Å². The van der Waals surface area contributed by atoms with Gasteiger partial charge in [0, 0.05) is 19.2 Å². The van der Waals surface area contributed by atoms with Crippen LogP contribution in [0.25, 0.3) is 11.3 Å². The fourth-order valence-electron chi connectivity index (χ4n) is 2.00. The van der Waals surface area contributed by atoms with Crippen LogP contribution in [0.5, 0.6) is 5.75 Å². The van der Waals surface area contributed by atoms with Crippen LogP contribution in [0.2, 0.25) is 0 Å². The van der Waals surface area contributed by atoms with E-state index in [1.165, 1.54) is 17.9 Å². The fraction of sp³-hybridized carbons (Fsp3) is 0.308. The molecule has 0 spiro atoms. The average molecular weight is 265 g/mol. The lowest BCUT2D eigenvalue weighted by Gasteiger charge is -2.05. The quantitative estimate of drug-likeness (QED) is 0.874. The molecule has 0 aliphatic rings. The average Bonchev–Trinajstić information content (AvgIpc) is 2.67. The topological polar surface area (TPSA) is 59.0 Å². The number of nitrogens with one attached hydrogen (secondary N) is 2. The first-order valence-corrected chi connectivity index (χ1v) is 5.85. The Balaban J connectivity index is 2.55. The van der Waals surface area contributed by atoms with Crippen LogP contribution in [0.1, 0.15) is 5.56 Å². The van der Waals surface area contributed by atoms with E-state index in [-0.39, 0.29) is 11.3 Å². The minimum Gasteiger partial charge on any atom is -0.494 e. The van der Waals surface area contributed by atoms with Crippen LogP contribution in [0, 0.1) is 5.82 Å². The minimum absolute atomic E-state index is 0.124. The van der Waals surface area contributed by atoms with Crippen molar-refractivity contribution in [1.82, 2.24) is 15.1 Å². The maximum Gasteiger partial charge on any atom is 0.271 e. The second-order valence-electron chi connectivity index (χ2n) is 4.21. The van der Waals surface area contributed by atoms with Gasteiger partial charge in [0.2, 0.25) is 0 Å². The molecule has 0 bridgehead atoms. The maximum atomic E-state index is 13.7. The number of nitrogens with zero attached hydrogens (tertiary/aromatic N) is 1. The van der Waals surface area contributed by atoms with Gasteiger partial charge in [-0.05, 0) is 25.2 Å². The molecule has 0 aliphatic carbocycles. The van der Waals surface area contributed by atoms with Gasteiger partial charge in [0.05, 0.1) is 18.4 Å². The molecule has 1 aromatic heterocycles. The van der Waals surface area contributed by atoms with Crippen molar-refractivity contribution in [3.8, 4) is 17.0 Å². The van der Waals surface area contributed by atoms with E-state index in [1.54, 1.807) is 26.2 Å². The van der Waals surface area contributed by atoms with Crippen molar-refractivity contribution in [3.63, 3.8) is 0 Å². The SMILES string of the molecule is CNCc1c(-c2ccc(OC)c(F)c2)[nH]n(C)c1=O. The van der Waals surface area contributed by atoms with Crippen molar-refractivity contribution < 1.29 is 9.13 Å². The third-order valence-corrected chi connectivity index (χ3v) is 2.94. The predicted molar refractivity (Wildman–Crippen MR) is 70.7 cm³/mol. The van der Waals surface area contributed by atoms with Crippen LogP contribution in [-0.4, -0.2) is 23.9 Å². The molecule has 102 valence electrons. The number of aromatic amines is 1. The molecule has 0 unspecified atom stereocenters. The summed E-state index contributed by atoms with van der Waals surface area (Å²) >= 11 is 0. The Bertz CT molecular complexity index is 646. The second-order valence-corrected chi connectivity index (χ2v) is 4.21. The lowest BCUT2D eigenvalue weighted by Crippen LogP contribution is -2.19. The fourth-order valence-corrected chi connectivity index (χ4v) is 2.00. The third kappa shape index (κ3) is 2.39. The van der Waals surface area contributed by atoms with Crippen molar-refractivity contribution in [2.45, 2.75) is 6.54 Å². The summed E-state index contributed by atoms with van der Waals surface area (Å²) in [4.78, 5) is 11.9. The molecule has 0 saturated carbocycles. The summed E-state index contributed by atoms with van der Waals surface area (Å²) in [6.45, 7) is 0.416. The molecule has 5 nitrogen and oxygen atoms in total. The lowest BCUT2D eigenvalue weighted by atomic mass is 10.1. The highest BCUT2D eigenvalue weighted by Crippen LogP contribution is 2.25. The van der Waals surface area contributed by atoms with E-state index in [2.05, 4.69) is 10.4 Å². The number of benzene rings is 1. The lowest BCUT2D eigenvalue weighted by molar-refractivity contribution is 0.386. The van der Waals surface area contributed by atoms with Crippen molar-refractivity contribution in [3.05, 3.63) is 39.9 Å². The van der Waals surface area contributed by atoms with Gasteiger partial charge in [-0.3, -0.25) is 14.6 Å². The molecule has 1 aromatic carbocycles. The van der Waals surface area contributed by atoms with Crippen molar-refractivity contribution >= 4 is 0 Å². The molecule has 1 heterocycles. The van der Waals surface area contributed by atoms with Gasteiger partial charge in [-0.25, -0.2) is 4.39 Å². The van der Waals surface area contributed by atoms with Crippen LogP contribution in [0.15, 0.2) is 23.0 Å². The van der Waals surface area contributed by atoms with Gasteiger partial charge in [-0.2, -0.15) is 0 Å². The summed E-state index contributed by atoms with van der Waals surface area (Å²) < 4.78 is 20.0. The van der Waals surface area contributed by atoms with Gasteiger partial charge < -0.3 is 10.1 Å². The highest BCUT2D eigenvalue weighted by molar-refractivity contribution is 5.63. The van der Waals surface area contributed by atoms with Gasteiger partial charge in [0.15, 0.2) is 11.6 Å². The van der Waals surface area contributed by atoms with Crippen LogP contribution in [0.4, 0.5) is 4.39 Å². The summed E-state index contributed by atoms with van der Waals surface area (Å²) in [6.07, 6.45) is 0. The van der Waals surface area contributed by atoms with Crippen LogP contribution >= 0.6 is 0 Å². The Morgan fingerprint density at radius 2 is 2.21 bits per heavy atom. The standard InChI is InChI=1S/C13H16FN3O2/c1-15-7-9-12(16-17(2)13(9)18)8-4-5-11(19-3)10(14)6-8/h4-6,15-16H,7H2,1-3H3. The molecular formula is C13H16FN3O2. The van der Waals surface area contributed by atoms with Crippen LogP contribution < -0.4 is 15.6 Å². The van der Waals surface area contributed by atoms with Gasteiger partial charge in [0.25, 0.3) is 5.56 Å². The number of hydrogen-bond acceptors (Lipinski definition) is 3. The van der Waals surface area contributed by atoms with E-state index in [9.17, 15) is 9.18 Å². The summed E-state index contributed by atoms with van der Waals surface area (Å²) in [5.41, 5.74) is 1.68. The molecule has 2 N–H and O–H groups in total. The molecule has 2 aromatic rings. The van der Waals surface area contributed by atoms with Gasteiger partial charge in [-0.1, -0.05) is 0 Å². The van der Waals surface area contributed by atoms with Gasteiger partial charge in [-0.15, -0.1) is 0 Å². The number of aryl methyl sites for hydroxylation is 1. The molecule has 0 saturated heterocycles. The van der Waals surface area contributed by atoms with E-state index in [1.807, 2.05) is 0 Å². The van der Waals surface area contributed by atoms with Gasteiger partial charge >= 0.3 is 0 Å². The summed E-state index contributed by atoms with van der Waals surface area (Å²) in [5.74, 6) is -0.280. The first-order valence-electron chi connectivity index (χ1n) is 5.85. The van der Waals surface area contributed by atoms with E-state index >= 15 is 0 Å². The Morgan fingerprint density at radius 3 is 2.79 bits per heavy atom. The molecule has 0 aliphatic heterocycles. The largest absolute Gasteiger partial charge is 0.494 e. The Labute approximate surface area is 110 Å². The number of hydrogen-bond donors (Lipinski definition) is 2. The zero-order valence-electron chi connectivity index (χ0n) is 11.1. The van der Waals surface area contributed by atoms with Gasteiger partial charge in [0.1, 0.15) is 0 Å². The number of methoxy groups -OCH3 is 1. The van der Waals surface area contributed by atoms with Crippen LogP contribution in [0.3, 0.4) is 0 Å². The molecule has 0 radical (unpaired) electrons. The molecule has 6 heteroatoms. The number of rotatable bonds is 4. The third-order valence-electron chi connectivity index (χ3n) is 2.94. The predicted octanol–water partition coefficient (Wildman–Crippen LogP) is 1.25. The summed E-state index contributed by atoms with van der Waals surface area (Å²) in [6, 6.07) is 4.61.